The van der Waals surface area contributed by atoms with E-state index in [2.05, 4.69) is 15.9 Å². The third-order valence-electron chi connectivity index (χ3n) is 4.91. The van der Waals surface area contributed by atoms with Gasteiger partial charge in [0.05, 0.1) is 18.6 Å². The second-order valence-electron chi connectivity index (χ2n) is 7.30. The van der Waals surface area contributed by atoms with Crippen LogP contribution >= 0.6 is 39.3 Å². The Bertz CT molecular complexity index is 1420. The van der Waals surface area contributed by atoms with Crippen LogP contribution in [0.4, 0.5) is 4.79 Å². The summed E-state index contributed by atoms with van der Waals surface area (Å²) in [4.78, 5) is 26.7. The SMILES string of the molecule is COc1ccc(/C=C2\SC(=O)N(Cc3ccc(Br)cc3)C2=O)cc1OS(=O)(=O)c1ccc(Cl)cc1. The molecule has 1 aliphatic rings. The highest BCUT2D eigenvalue weighted by molar-refractivity contribution is 9.10. The minimum absolute atomic E-state index is 0.0645. The molecule has 1 heterocycles. The fourth-order valence-corrected chi connectivity index (χ4v) is 5.34. The Hall–Kier alpha value is -2.79. The number of thioether (sulfide) groups is 1. The maximum Gasteiger partial charge on any atom is 0.339 e. The first kappa shape index (κ1) is 25.3. The Balaban J connectivity index is 1.58. The lowest BCUT2D eigenvalue weighted by Crippen LogP contribution is -2.27. The molecular formula is C24H17BrClNO6S2. The van der Waals surface area contributed by atoms with E-state index in [9.17, 15) is 18.0 Å². The summed E-state index contributed by atoms with van der Waals surface area (Å²) in [5.41, 5.74) is 1.27. The van der Waals surface area contributed by atoms with Crippen molar-refractivity contribution in [3.63, 3.8) is 0 Å². The molecule has 0 bridgehead atoms. The Kier molecular flexibility index (Phi) is 7.56. The molecule has 0 atom stereocenters. The molecular weight excluding hydrogens is 578 g/mol. The summed E-state index contributed by atoms with van der Waals surface area (Å²) >= 11 is 10.0. The molecule has 0 aromatic heterocycles. The molecule has 2 amide bonds. The highest BCUT2D eigenvalue weighted by Crippen LogP contribution is 2.36. The number of carbonyl (C=O) groups excluding carboxylic acids is 2. The highest BCUT2D eigenvalue weighted by atomic mass is 79.9. The number of rotatable bonds is 7. The van der Waals surface area contributed by atoms with Gasteiger partial charge in [0.15, 0.2) is 11.5 Å². The molecule has 1 saturated heterocycles. The smallest absolute Gasteiger partial charge is 0.339 e. The van der Waals surface area contributed by atoms with E-state index in [4.69, 9.17) is 20.5 Å². The Morgan fingerprint density at radius 3 is 2.34 bits per heavy atom. The van der Waals surface area contributed by atoms with Crippen LogP contribution in [0.2, 0.25) is 5.02 Å². The molecule has 0 N–H and O–H groups in total. The Labute approximate surface area is 219 Å². The zero-order chi connectivity index (χ0) is 25.2. The largest absolute Gasteiger partial charge is 0.493 e. The maximum atomic E-state index is 12.9. The molecule has 4 rings (SSSR count). The van der Waals surface area contributed by atoms with E-state index >= 15 is 0 Å². The number of hydrogen-bond donors (Lipinski definition) is 0. The predicted molar refractivity (Wildman–Crippen MR) is 138 cm³/mol. The molecule has 0 aliphatic carbocycles. The lowest BCUT2D eigenvalue weighted by Gasteiger charge is -2.12. The first-order valence-corrected chi connectivity index (χ1v) is 13.4. The minimum atomic E-state index is -4.17. The summed E-state index contributed by atoms with van der Waals surface area (Å²) in [7, 11) is -2.79. The van der Waals surface area contributed by atoms with Gasteiger partial charge >= 0.3 is 10.1 Å². The van der Waals surface area contributed by atoms with Crippen LogP contribution in [0.15, 0.2) is 81.0 Å². The van der Waals surface area contributed by atoms with Crippen LogP contribution in [0.25, 0.3) is 6.08 Å². The van der Waals surface area contributed by atoms with E-state index < -0.39 is 16.0 Å². The summed E-state index contributed by atoms with van der Waals surface area (Å²) in [6.07, 6.45) is 1.51. The summed E-state index contributed by atoms with van der Waals surface area (Å²) < 4.78 is 36.9. The monoisotopic (exact) mass is 593 g/mol. The van der Waals surface area contributed by atoms with Crippen LogP contribution in [0.3, 0.4) is 0 Å². The van der Waals surface area contributed by atoms with Crippen molar-refractivity contribution in [1.82, 2.24) is 4.90 Å². The molecule has 11 heteroatoms. The summed E-state index contributed by atoms with van der Waals surface area (Å²) in [6, 6.07) is 17.4. The Morgan fingerprint density at radius 1 is 1.00 bits per heavy atom. The van der Waals surface area contributed by atoms with Crippen LogP contribution in [0.1, 0.15) is 11.1 Å². The molecule has 1 aliphatic heterocycles. The number of methoxy groups -OCH3 is 1. The van der Waals surface area contributed by atoms with Gasteiger partial charge in [0.2, 0.25) is 0 Å². The van der Waals surface area contributed by atoms with E-state index in [0.29, 0.717) is 10.6 Å². The molecule has 180 valence electrons. The van der Waals surface area contributed by atoms with Gasteiger partial charge in [-0.1, -0.05) is 45.7 Å². The van der Waals surface area contributed by atoms with E-state index in [1.54, 1.807) is 6.07 Å². The molecule has 3 aromatic carbocycles. The first-order chi connectivity index (χ1) is 16.7. The zero-order valence-corrected chi connectivity index (χ0v) is 22.1. The van der Waals surface area contributed by atoms with Crippen molar-refractivity contribution in [2.45, 2.75) is 11.4 Å². The van der Waals surface area contributed by atoms with Crippen molar-refractivity contribution in [2.75, 3.05) is 7.11 Å². The molecule has 1 fully saturated rings. The third-order valence-corrected chi connectivity index (χ3v) is 7.85. The van der Waals surface area contributed by atoms with Gasteiger partial charge in [0.25, 0.3) is 11.1 Å². The van der Waals surface area contributed by atoms with Crippen molar-refractivity contribution >= 4 is 66.6 Å². The summed E-state index contributed by atoms with van der Waals surface area (Å²) in [5, 5.41) is -0.00270. The molecule has 7 nitrogen and oxygen atoms in total. The van der Waals surface area contributed by atoms with Crippen LogP contribution in [-0.4, -0.2) is 31.6 Å². The molecule has 35 heavy (non-hydrogen) atoms. The van der Waals surface area contributed by atoms with Crippen molar-refractivity contribution in [1.29, 1.82) is 0 Å². The molecule has 3 aromatic rings. The van der Waals surface area contributed by atoms with Gasteiger partial charge in [0, 0.05) is 9.50 Å². The number of amides is 2. The quantitative estimate of drug-likeness (QED) is 0.241. The van der Waals surface area contributed by atoms with Gasteiger partial charge in [0.1, 0.15) is 4.90 Å². The van der Waals surface area contributed by atoms with E-state index in [1.165, 1.54) is 49.6 Å². The normalized spacial score (nSPS) is 15.1. The first-order valence-electron chi connectivity index (χ1n) is 10.0. The summed E-state index contributed by atoms with van der Waals surface area (Å²) in [6.45, 7) is 0.144. The van der Waals surface area contributed by atoms with Crippen LogP contribution < -0.4 is 8.92 Å². The summed E-state index contributed by atoms with van der Waals surface area (Å²) in [5.74, 6) is -0.316. The highest BCUT2D eigenvalue weighted by Gasteiger charge is 2.35. The third kappa shape index (κ3) is 5.90. The van der Waals surface area contributed by atoms with Gasteiger partial charge in [-0.25, -0.2) is 0 Å². The van der Waals surface area contributed by atoms with Crippen molar-refractivity contribution in [3.8, 4) is 11.5 Å². The van der Waals surface area contributed by atoms with Gasteiger partial charge < -0.3 is 8.92 Å². The van der Waals surface area contributed by atoms with Crippen molar-refractivity contribution in [3.05, 3.63) is 92.3 Å². The molecule has 0 spiro atoms. The topological polar surface area (TPSA) is 90.0 Å². The average Bonchev–Trinajstić information content (AvgIpc) is 3.08. The standard InChI is InChI=1S/C24H17BrClNO6S2/c1-32-20-11-4-16(12-21(20)33-35(30,31)19-9-7-18(26)8-10-19)13-22-23(28)27(24(29)34-22)14-15-2-5-17(25)6-3-15/h2-13H,14H2,1H3/b22-13-. The number of hydrogen-bond acceptors (Lipinski definition) is 7. The lowest BCUT2D eigenvalue weighted by molar-refractivity contribution is -0.123. The maximum absolute atomic E-state index is 12.9. The lowest BCUT2D eigenvalue weighted by atomic mass is 10.1. The fourth-order valence-electron chi connectivity index (χ4n) is 3.18. The average molecular weight is 595 g/mol. The fraction of sp³-hybridized carbons (Fsp3) is 0.0833. The molecule has 0 saturated carbocycles. The number of imide groups is 1. The van der Waals surface area contributed by atoms with Crippen molar-refractivity contribution < 1.29 is 26.9 Å². The van der Waals surface area contributed by atoms with Gasteiger partial charge in [-0.3, -0.25) is 14.5 Å². The van der Waals surface area contributed by atoms with E-state index in [1.807, 2.05) is 24.3 Å². The van der Waals surface area contributed by atoms with Gasteiger partial charge in [-0.05, 0) is 77.5 Å². The minimum Gasteiger partial charge on any atom is -0.493 e. The number of carbonyl (C=O) groups is 2. The number of ether oxygens (including phenoxy) is 1. The van der Waals surface area contributed by atoms with E-state index in [0.717, 1.165) is 26.7 Å². The second-order valence-corrected chi connectivity index (χ2v) is 11.2. The zero-order valence-electron chi connectivity index (χ0n) is 18.1. The van der Waals surface area contributed by atoms with Crippen molar-refractivity contribution in [2.24, 2.45) is 0 Å². The second kappa shape index (κ2) is 10.4. The van der Waals surface area contributed by atoms with Gasteiger partial charge in [-0.15, -0.1) is 0 Å². The molecule has 0 radical (unpaired) electrons. The van der Waals surface area contributed by atoms with Crippen LogP contribution in [0.5, 0.6) is 11.5 Å². The number of benzene rings is 3. The molecule has 0 unspecified atom stereocenters. The number of halogens is 2. The predicted octanol–water partition coefficient (Wildman–Crippen LogP) is 6.12. The van der Waals surface area contributed by atoms with Gasteiger partial charge in [-0.2, -0.15) is 8.42 Å². The van der Waals surface area contributed by atoms with Crippen LogP contribution in [0, 0.1) is 0 Å². The van der Waals surface area contributed by atoms with Crippen LogP contribution in [-0.2, 0) is 21.5 Å². The Morgan fingerprint density at radius 2 is 1.69 bits per heavy atom. The number of nitrogens with zero attached hydrogens (tertiary/aromatic N) is 1. The van der Waals surface area contributed by atoms with E-state index in [-0.39, 0.29) is 33.1 Å².